The molecule has 116 valence electrons. The zero-order valence-corrected chi connectivity index (χ0v) is 14.7. The van der Waals surface area contributed by atoms with Crippen molar-refractivity contribution in [2.24, 2.45) is 0 Å². The van der Waals surface area contributed by atoms with Crippen molar-refractivity contribution in [2.45, 2.75) is 6.92 Å². The first-order valence-electron chi connectivity index (χ1n) is 6.92. The van der Waals surface area contributed by atoms with Crippen molar-refractivity contribution in [1.29, 1.82) is 0 Å². The van der Waals surface area contributed by atoms with Crippen LogP contribution in [0.25, 0.3) is 0 Å². The van der Waals surface area contributed by atoms with E-state index < -0.39 is 0 Å². The Morgan fingerprint density at radius 2 is 1.96 bits per heavy atom. The number of carbonyl (C=O) groups is 1. The summed E-state index contributed by atoms with van der Waals surface area (Å²) in [5.41, 5.74) is 9.07. The molecule has 4 nitrogen and oxygen atoms in total. The van der Waals surface area contributed by atoms with Gasteiger partial charge in [0.1, 0.15) is 0 Å². The van der Waals surface area contributed by atoms with E-state index in [-0.39, 0.29) is 5.78 Å². The number of rotatable bonds is 4. The third kappa shape index (κ3) is 3.60. The molecule has 1 heterocycles. The number of aryl methyl sites for hydroxylation is 1. The fraction of sp³-hybridized carbons (Fsp3) is 0.0588. The predicted molar refractivity (Wildman–Crippen MR) is 98.6 cm³/mol. The van der Waals surface area contributed by atoms with Crippen molar-refractivity contribution in [3.8, 4) is 0 Å². The van der Waals surface area contributed by atoms with Gasteiger partial charge in [-0.15, -0.1) is 0 Å². The number of nitrogens with zero attached hydrogens (tertiary/aromatic N) is 1. The molecule has 2 aromatic carbocycles. The largest absolute Gasteiger partial charge is 0.399 e. The number of thiazole rings is 1. The van der Waals surface area contributed by atoms with Gasteiger partial charge in [0.2, 0.25) is 5.78 Å². The Bertz CT molecular complexity index is 859. The molecule has 0 unspecified atom stereocenters. The van der Waals surface area contributed by atoms with Gasteiger partial charge in [-0.25, -0.2) is 4.98 Å². The molecule has 0 saturated heterocycles. The fourth-order valence-corrected chi connectivity index (χ4v) is 3.18. The zero-order chi connectivity index (χ0) is 16.4. The van der Waals surface area contributed by atoms with E-state index in [0.717, 1.165) is 21.4 Å². The van der Waals surface area contributed by atoms with Crippen molar-refractivity contribution in [1.82, 2.24) is 4.98 Å². The Hall–Kier alpha value is -2.18. The lowest BCUT2D eigenvalue weighted by atomic mass is 10.1. The first kappa shape index (κ1) is 15.7. The number of hydrogen-bond donors (Lipinski definition) is 2. The summed E-state index contributed by atoms with van der Waals surface area (Å²) in [5, 5.41) is 3.91. The number of nitrogen functional groups attached to an aromatic ring is 1. The minimum atomic E-state index is -0.0305. The molecule has 3 aromatic rings. The highest BCUT2D eigenvalue weighted by molar-refractivity contribution is 9.10. The van der Waals surface area contributed by atoms with Gasteiger partial charge >= 0.3 is 0 Å². The fourth-order valence-electron chi connectivity index (χ4n) is 2.12. The third-order valence-electron chi connectivity index (χ3n) is 3.33. The summed E-state index contributed by atoms with van der Waals surface area (Å²) in [6, 6.07) is 12.9. The summed E-state index contributed by atoms with van der Waals surface area (Å²) in [6.45, 7) is 1.97. The third-order valence-corrected chi connectivity index (χ3v) is 4.77. The Balaban J connectivity index is 1.80. The smallest absolute Gasteiger partial charge is 0.204 e. The van der Waals surface area contributed by atoms with Crippen molar-refractivity contribution in [3.63, 3.8) is 0 Å². The lowest BCUT2D eigenvalue weighted by Crippen LogP contribution is -1.97. The van der Waals surface area contributed by atoms with E-state index in [2.05, 4.69) is 26.2 Å². The number of nitrogens with one attached hydrogen (secondary N) is 1. The Kier molecular flexibility index (Phi) is 4.45. The number of hydrogen-bond acceptors (Lipinski definition) is 5. The molecule has 23 heavy (non-hydrogen) atoms. The van der Waals surface area contributed by atoms with Crippen LogP contribution in [0.4, 0.5) is 16.5 Å². The van der Waals surface area contributed by atoms with Crippen LogP contribution in [0.15, 0.2) is 53.1 Å². The molecule has 3 rings (SSSR count). The number of carbonyl (C=O) groups excluding carboxylic acids is 1. The number of halogens is 1. The van der Waals surface area contributed by atoms with E-state index in [0.29, 0.717) is 15.6 Å². The SMILES string of the molecule is Cc1cc(N)ccc1Nc1ncc(C(=O)c2ccc(Br)cc2)s1. The molecule has 0 aliphatic rings. The van der Waals surface area contributed by atoms with Gasteiger partial charge in [-0.3, -0.25) is 4.79 Å². The quantitative estimate of drug-likeness (QED) is 0.499. The van der Waals surface area contributed by atoms with Gasteiger partial charge in [0, 0.05) is 21.4 Å². The number of ketones is 1. The molecule has 0 aliphatic heterocycles. The molecule has 0 bridgehead atoms. The first-order chi connectivity index (χ1) is 11.0. The topological polar surface area (TPSA) is 68.0 Å². The molecule has 0 aliphatic carbocycles. The van der Waals surface area contributed by atoms with Crippen molar-refractivity contribution >= 4 is 49.6 Å². The second-order valence-electron chi connectivity index (χ2n) is 5.07. The predicted octanol–water partition coefficient (Wildman–Crippen LogP) is 4.77. The number of anilines is 3. The van der Waals surface area contributed by atoms with Crippen LogP contribution < -0.4 is 11.1 Å². The summed E-state index contributed by atoms with van der Waals surface area (Å²) in [4.78, 5) is 17.3. The van der Waals surface area contributed by atoms with Crippen LogP contribution in [-0.4, -0.2) is 10.8 Å². The van der Waals surface area contributed by atoms with Crippen LogP contribution in [-0.2, 0) is 0 Å². The van der Waals surface area contributed by atoms with Gasteiger partial charge < -0.3 is 11.1 Å². The average Bonchev–Trinajstić information content (AvgIpc) is 2.99. The van der Waals surface area contributed by atoms with Crippen molar-refractivity contribution in [2.75, 3.05) is 11.1 Å². The molecule has 0 amide bonds. The number of nitrogens with two attached hydrogens (primary N) is 1. The van der Waals surface area contributed by atoms with Crippen LogP contribution >= 0.6 is 27.3 Å². The van der Waals surface area contributed by atoms with E-state index in [1.165, 1.54) is 11.3 Å². The van der Waals surface area contributed by atoms with Gasteiger partial charge in [0.25, 0.3) is 0 Å². The van der Waals surface area contributed by atoms with Crippen LogP contribution in [0.2, 0.25) is 0 Å². The average molecular weight is 388 g/mol. The van der Waals surface area contributed by atoms with Gasteiger partial charge in [-0.05, 0) is 55.0 Å². The minimum absolute atomic E-state index is 0.0305. The molecule has 0 spiro atoms. The number of aromatic nitrogens is 1. The molecule has 6 heteroatoms. The zero-order valence-electron chi connectivity index (χ0n) is 12.3. The highest BCUT2D eigenvalue weighted by Gasteiger charge is 2.13. The van der Waals surface area contributed by atoms with E-state index in [4.69, 9.17) is 5.73 Å². The van der Waals surface area contributed by atoms with Crippen LogP contribution in [0.3, 0.4) is 0 Å². The van der Waals surface area contributed by atoms with Gasteiger partial charge in [0.15, 0.2) is 5.13 Å². The van der Waals surface area contributed by atoms with Gasteiger partial charge in [-0.2, -0.15) is 0 Å². The lowest BCUT2D eigenvalue weighted by Gasteiger charge is -2.07. The minimum Gasteiger partial charge on any atom is -0.399 e. The Morgan fingerprint density at radius 1 is 1.22 bits per heavy atom. The second kappa shape index (κ2) is 6.52. The standard InChI is InChI=1S/C17H14BrN3OS/c1-10-8-13(19)6-7-14(10)21-17-20-9-15(23-17)16(22)11-2-4-12(18)5-3-11/h2-9H,19H2,1H3,(H,20,21). The molecule has 0 atom stereocenters. The van der Waals surface area contributed by atoms with Crippen LogP contribution in [0.1, 0.15) is 20.8 Å². The van der Waals surface area contributed by atoms with Gasteiger partial charge in [0.05, 0.1) is 11.1 Å². The monoisotopic (exact) mass is 387 g/mol. The van der Waals surface area contributed by atoms with Crippen molar-refractivity contribution < 1.29 is 4.79 Å². The first-order valence-corrected chi connectivity index (χ1v) is 8.53. The maximum Gasteiger partial charge on any atom is 0.204 e. The lowest BCUT2D eigenvalue weighted by molar-refractivity contribution is 0.104. The summed E-state index contributed by atoms with van der Waals surface area (Å²) >= 11 is 4.70. The van der Waals surface area contributed by atoms with Crippen LogP contribution in [0.5, 0.6) is 0 Å². The summed E-state index contributed by atoms with van der Waals surface area (Å²) in [6.07, 6.45) is 1.60. The molecular formula is C17H14BrN3OS. The molecule has 3 N–H and O–H groups in total. The molecule has 0 saturated carbocycles. The second-order valence-corrected chi connectivity index (χ2v) is 7.01. The van der Waals surface area contributed by atoms with Crippen molar-refractivity contribution in [3.05, 3.63) is 69.1 Å². The summed E-state index contributed by atoms with van der Waals surface area (Å²) in [5.74, 6) is -0.0305. The summed E-state index contributed by atoms with van der Waals surface area (Å²) in [7, 11) is 0. The van der Waals surface area contributed by atoms with E-state index in [1.54, 1.807) is 18.3 Å². The molecular weight excluding hydrogens is 374 g/mol. The highest BCUT2D eigenvalue weighted by atomic mass is 79.9. The molecule has 0 radical (unpaired) electrons. The Morgan fingerprint density at radius 3 is 2.65 bits per heavy atom. The molecule has 0 fully saturated rings. The van der Waals surface area contributed by atoms with E-state index >= 15 is 0 Å². The van der Waals surface area contributed by atoms with Gasteiger partial charge in [-0.1, -0.05) is 27.3 Å². The maximum absolute atomic E-state index is 12.4. The van der Waals surface area contributed by atoms with E-state index in [1.807, 2.05) is 37.3 Å². The van der Waals surface area contributed by atoms with Crippen LogP contribution in [0, 0.1) is 6.92 Å². The molecule has 1 aromatic heterocycles. The van der Waals surface area contributed by atoms with E-state index in [9.17, 15) is 4.79 Å². The maximum atomic E-state index is 12.4. The normalized spacial score (nSPS) is 10.5. The number of benzene rings is 2. The Labute approximate surface area is 146 Å². The summed E-state index contributed by atoms with van der Waals surface area (Å²) < 4.78 is 0.944. The highest BCUT2D eigenvalue weighted by Crippen LogP contribution is 2.27.